The van der Waals surface area contributed by atoms with Gasteiger partial charge >= 0.3 is 0 Å². The lowest BCUT2D eigenvalue weighted by molar-refractivity contribution is -0.115. The maximum atomic E-state index is 12.2. The Bertz CT molecular complexity index is 677. The van der Waals surface area contributed by atoms with Crippen molar-refractivity contribution in [3.05, 3.63) is 65.2 Å². The minimum atomic E-state index is -0.433. The molecule has 2 aromatic rings. The van der Waals surface area contributed by atoms with Crippen LogP contribution < -0.4 is 5.32 Å². The summed E-state index contributed by atoms with van der Waals surface area (Å²) in [5.41, 5.74) is 3.17. The van der Waals surface area contributed by atoms with Crippen molar-refractivity contribution in [1.29, 1.82) is 5.26 Å². The second-order valence-electron chi connectivity index (χ2n) is 4.84. The highest BCUT2D eigenvalue weighted by Gasteiger charge is 2.15. The van der Waals surface area contributed by atoms with Crippen LogP contribution in [0.3, 0.4) is 0 Å². The molecule has 1 atom stereocenters. The summed E-state index contributed by atoms with van der Waals surface area (Å²) >= 11 is 4.37. The summed E-state index contributed by atoms with van der Waals surface area (Å²) in [4.78, 5) is 12.2. The Kier molecular flexibility index (Phi) is 5.02. The average Bonchev–Trinajstić information content (AvgIpc) is 2.50. The summed E-state index contributed by atoms with van der Waals surface area (Å²) in [6.45, 7) is 1.89. The lowest BCUT2D eigenvalue weighted by atomic mass is 10.1. The monoisotopic (exact) mass is 296 g/mol. The van der Waals surface area contributed by atoms with Crippen LogP contribution in [0.1, 0.15) is 16.7 Å². The maximum absolute atomic E-state index is 12.2. The molecule has 0 bridgehead atoms. The summed E-state index contributed by atoms with van der Waals surface area (Å²) in [7, 11) is 0. The predicted octanol–water partition coefficient (Wildman–Crippen LogP) is 3.35. The van der Waals surface area contributed by atoms with Gasteiger partial charge in [-0.15, -0.1) is 0 Å². The first-order valence-electron chi connectivity index (χ1n) is 6.64. The molecule has 2 aromatic carbocycles. The smallest absolute Gasteiger partial charge is 0.237 e. The standard InChI is InChI=1S/C17H16N2OS/c1-12-7-8-14(11-18)9-15(12)19-17(20)16(21)10-13-5-3-2-4-6-13/h2-9,16,21H,10H2,1H3,(H,19,20). The van der Waals surface area contributed by atoms with Gasteiger partial charge in [-0.2, -0.15) is 17.9 Å². The molecule has 0 aliphatic heterocycles. The van der Waals surface area contributed by atoms with Gasteiger partial charge in [0.25, 0.3) is 0 Å². The van der Waals surface area contributed by atoms with Gasteiger partial charge in [0.15, 0.2) is 0 Å². The molecule has 0 fully saturated rings. The van der Waals surface area contributed by atoms with Gasteiger partial charge in [0.1, 0.15) is 0 Å². The summed E-state index contributed by atoms with van der Waals surface area (Å²) in [5.74, 6) is -0.166. The van der Waals surface area contributed by atoms with Crippen LogP contribution >= 0.6 is 12.6 Å². The highest BCUT2D eigenvalue weighted by Crippen LogP contribution is 2.18. The second-order valence-corrected chi connectivity index (χ2v) is 5.46. The van der Waals surface area contributed by atoms with E-state index in [1.165, 1.54) is 0 Å². The highest BCUT2D eigenvalue weighted by molar-refractivity contribution is 7.81. The number of carbonyl (C=O) groups excluding carboxylic acids is 1. The van der Waals surface area contributed by atoms with Crippen LogP contribution in [0, 0.1) is 18.3 Å². The van der Waals surface area contributed by atoms with Crippen LogP contribution in [0.15, 0.2) is 48.5 Å². The van der Waals surface area contributed by atoms with Crippen LogP contribution in [0.4, 0.5) is 5.69 Å². The van der Waals surface area contributed by atoms with E-state index in [-0.39, 0.29) is 5.91 Å². The number of nitrogens with one attached hydrogen (secondary N) is 1. The van der Waals surface area contributed by atoms with E-state index in [0.29, 0.717) is 17.7 Å². The van der Waals surface area contributed by atoms with Crippen molar-refractivity contribution in [2.24, 2.45) is 0 Å². The van der Waals surface area contributed by atoms with Gasteiger partial charge in [-0.25, -0.2) is 0 Å². The third-order valence-corrected chi connectivity index (χ3v) is 3.62. The summed E-state index contributed by atoms with van der Waals surface area (Å²) in [6, 6.07) is 17.0. The van der Waals surface area contributed by atoms with Crippen LogP contribution in [0.25, 0.3) is 0 Å². The van der Waals surface area contributed by atoms with E-state index in [0.717, 1.165) is 11.1 Å². The van der Waals surface area contributed by atoms with Crippen molar-refractivity contribution in [2.45, 2.75) is 18.6 Å². The van der Waals surface area contributed by atoms with Crippen LogP contribution in [-0.4, -0.2) is 11.2 Å². The third kappa shape index (κ3) is 4.11. The molecule has 0 heterocycles. The summed E-state index contributed by atoms with van der Waals surface area (Å²) < 4.78 is 0. The zero-order chi connectivity index (χ0) is 15.2. The van der Waals surface area contributed by atoms with E-state index in [9.17, 15) is 4.79 Å². The van der Waals surface area contributed by atoms with Crippen LogP contribution in [-0.2, 0) is 11.2 Å². The summed E-state index contributed by atoms with van der Waals surface area (Å²) in [5, 5.41) is 11.3. The van der Waals surface area contributed by atoms with Crippen molar-refractivity contribution >= 4 is 24.2 Å². The largest absolute Gasteiger partial charge is 0.325 e. The number of nitriles is 1. The highest BCUT2D eigenvalue weighted by atomic mass is 32.1. The molecule has 0 aromatic heterocycles. The molecule has 0 spiro atoms. The maximum Gasteiger partial charge on any atom is 0.237 e. The zero-order valence-corrected chi connectivity index (χ0v) is 12.6. The topological polar surface area (TPSA) is 52.9 Å². The van der Waals surface area contributed by atoms with Gasteiger partial charge in [0.2, 0.25) is 5.91 Å². The van der Waals surface area contributed by atoms with E-state index in [2.05, 4.69) is 24.0 Å². The Morgan fingerprint density at radius 1 is 1.29 bits per heavy atom. The molecule has 0 saturated heterocycles. The molecule has 0 aliphatic rings. The molecule has 1 unspecified atom stereocenters. The van der Waals surface area contributed by atoms with Crippen molar-refractivity contribution in [1.82, 2.24) is 0 Å². The molecular weight excluding hydrogens is 280 g/mol. The Hall–Kier alpha value is -2.25. The number of aryl methyl sites for hydroxylation is 1. The number of hydrogen-bond donors (Lipinski definition) is 2. The average molecular weight is 296 g/mol. The van der Waals surface area contributed by atoms with Crippen LogP contribution in [0.2, 0.25) is 0 Å². The minimum absolute atomic E-state index is 0.166. The first-order chi connectivity index (χ1) is 10.1. The van der Waals surface area contributed by atoms with Gasteiger partial charge in [-0.3, -0.25) is 4.79 Å². The molecule has 0 aliphatic carbocycles. The van der Waals surface area contributed by atoms with Crippen molar-refractivity contribution in [3.8, 4) is 6.07 Å². The SMILES string of the molecule is Cc1ccc(C#N)cc1NC(=O)C(S)Cc1ccccc1. The predicted molar refractivity (Wildman–Crippen MR) is 87.4 cm³/mol. The molecular formula is C17H16N2OS. The van der Waals surface area contributed by atoms with Crippen LogP contribution in [0.5, 0.6) is 0 Å². The van der Waals surface area contributed by atoms with E-state index in [1.807, 2.05) is 43.3 Å². The third-order valence-electron chi connectivity index (χ3n) is 3.20. The molecule has 1 amide bonds. The Balaban J connectivity index is 2.06. The molecule has 2 rings (SSSR count). The summed E-state index contributed by atoms with van der Waals surface area (Å²) in [6.07, 6.45) is 0.562. The van der Waals surface area contributed by atoms with E-state index in [4.69, 9.17) is 5.26 Å². The second kappa shape index (κ2) is 6.96. The van der Waals surface area contributed by atoms with Gasteiger partial charge in [-0.1, -0.05) is 36.4 Å². The minimum Gasteiger partial charge on any atom is -0.325 e. The van der Waals surface area contributed by atoms with E-state index >= 15 is 0 Å². The van der Waals surface area contributed by atoms with Gasteiger partial charge in [0, 0.05) is 5.69 Å². The van der Waals surface area contributed by atoms with E-state index < -0.39 is 5.25 Å². The first kappa shape index (κ1) is 15.1. The van der Waals surface area contributed by atoms with Gasteiger partial charge < -0.3 is 5.32 Å². The number of thiol groups is 1. The Morgan fingerprint density at radius 3 is 2.67 bits per heavy atom. The Labute approximate surface area is 130 Å². The number of benzene rings is 2. The molecule has 3 nitrogen and oxygen atoms in total. The number of anilines is 1. The van der Waals surface area contributed by atoms with Gasteiger partial charge in [0.05, 0.1) is 16.9 Å². The normalized spacial score (nSPS) is 11.5. The first-order valence-corrected chi connectivity index (χ1v) is 7.15. The quantitative estimate of drug-likeness (QED) is 0.850. The number of hydrogen-bond acceptors (Lipinski definition) is 3. The zero-order valence-electron chi connectivity index (χ0n) is 11.7. The lowest BCUT2D eigenvalue weighted by Gasteiger charge is -2.13. The van der Waals surface area contributed by atoms with Crippen molar-refractivity contribution < 1.29 is 4.79 Å². The number of amides is 1. The number of rotatable bonds is 4. The molecule has 4 heteroatoms. The Morgan fingerprint density at radius 2 is 2.00 bits per heavy atom. The van der Waals surface area contributed by atoms with Gasteiger partial charge in [-0.05, 0) is 36.6 Å². The fraction of sp³-hybridized carbons (Fsp3) is 0.176. The lowest BCUT2D eigenvalue weighted by Crippen LogP contribution is -2.25. The fourth-order valence-electron chi connectivity index (χ4n) is 1.97. The van der Waals surface area contributed by atoms with Crippen molar-refractivity contribution in [2.75, 3.05) is 5.32 Å². The fourth-order valence-corrected chi connectivity index (χ4v) is 2.25. The number of nitrogens with zero attached hydrogens (tertiary/aromatic N) is 1. The molecule has 1 N–H and O–H groups in total. The molecule has 21 heavy (non-hydrogen) atoms. The molecule has 0 radical (unpaired) electrons. The molecule has 106 valence electrons. The van der Waals surface area contributed by atoms with E-state index in [1.54, 1.807) is 12.1 Å². The van der Waals surface area contributed by atoms with Crippen molar-refractivity contribution in [3.63, 3.8) is 0 Å². The number of carbonyl (C=O) groups is 1. The molecule has 0 saturated carbocycles.